The van der Waals surface area contributed by atoms with E-state index in [0.29, 0.717) is 18.1 Å². The molecule has 1 saturated heterocycles. The predicted octanol–water partition coefficient (Wildman–Crippen LogP) is 1.01. The van der Waals surface area contributed by atoms with Crippen LogP contribution >= 0.6 is 12.2 Å². The number of hydrogen-bond acceptors (Lipinski definition) is 4. The number of piperazine rings is 1. The minimum Gasteiger partial charge on any atom is -0.392 e. The fourth-order valence-corrected chi connectivity index (χ4v) is 2.17. The van der Waals surface area contributed by atoms with Crippen molar-refractivity contribution in [3.05, 3.63) is 0 Å². The normalized spacial score (nSPS) is 18.1. The van der Waals surface area contributed by atoms with Crippen LogP contribution < -0.4 is 5.73 Å². The molecule has 6 heteroatoms. The summed E-state index contributed by atoms with van der Waals surface area (Å²) in [4.78, 5) is 16.6. The molecule has 0 aromatic heterocycles. The SMILES string of the molecule is CC(C)(C)OCC(=O)N1CCN(C(C)(C)C(N)=S)CC1. The molecule has 0 aliphatic carbocycles. The van der Waals surface area contributed by atoms with Gasteiger partial charge in [-0.15, -0.1) is 0 Å². The van der Waals surface area contributed by atoms with Gasteiger partial charge in [-0.1, -0.05) is 12.2 Å². The van der Waals surface area contributed by atoms with Crippen molar-refractivity contribution in [2.75, 3.05) is 32.8 Å². The van der Waals surface area contributed by atoms with Gasteiger partial charge in [-0.3, -0.25) is 9.69 Å². The lowest BCUT2D eigenvalue weighted by Gasteiger charge is -2.43. The molecular weight excluding hydrogens is 274 g/mol. The molecule has 0 radical (unpaired) electrons. The standard InChI is InChI=1S/C14H27N3O2S/c1-13(2,3)19-10-11(18)16-6-8-17(9-7-16)14(4,5)12(15)20/h6-10H2,1-5H3,(H2,15,20). The number of nitrogens with zero attached hydrogens (tertiary/aromatic N) is 2. The molecule has 1 amide bonds. The largest absolute Gasteiger partial charge is 0.392 e. The smallest absolute Gasteiger partial charge is 0.248 e. The van der Waals surface area contributed by atoms with Gasteiger partial charge in [-0.25, -0.2) is 0 Å². The minimum absolute atomic E-state index is 0.0488. The van der Waals surface area contributed by atoms with Crippen LogP contribution in [-0.4, -0.2) is 64.6 Å². The fraction of sp³-hybridized carbons (Fsp3) is 0.857. The average molecular weight is 301 g/mol. The Morgan fingerprint density at radius 3 is 2.05 bits per heavy atom. The van der Waals surface area contributed by atoms with Gasteiger partial charge in [0.05, 0.1) is 16.1 Å². The first-order valence-electron chi connectivity index (χ1n) is 7.01. The van der Waals surface area contributed by atoms with E-state index in [4.69, 9.17) is 22.7 Å². The van der Waals surface area contributed by atoms with E-state index in [1.165, 1.54) is 0 Å². The summed E-state index contributed by atoms with van der Waals surface area (Å²) < 4.78 is 5.53. The molecule has 116 valence electrons. The molecule has 0 atom stereocenters. The summed E-state index contributed by atoms with van der Waals surface area (Å²) in [5, 5.41) is 0. The molecule has 0 unspecified atom stereocenters. The van der Waals surface area contributed by atoms with Crippen LogP contribution in [0.4, 0.5) is 0 Å². The Balaban J connectivity index is 2.46. The average Bonchev–Trinajstić information content (AvgIpc) is 2.35. The van der Waals surface area contributed by atoms with E-state index in [-0.39, 0.29) is 23.7 Å². The summed E-state index contributed by atoms with van der Waals surface area (Å²) in [5.74, 6) is 0.0488. The molecule has 1 rings (SSSR count). The van der Waals surface area contributed by atoms with Gasteiger partial charge in [-0.05, 0) is 34.6 Å². The highest BCUT2D eigenvalue weighted by Gasteiger charge is 2.33. The van der Waals surface area contributed by atoms with Crippen LogP contribution in [0.2, 0.25) is 0 Å². The van der Waals surface area contributed by atoms with Crippen LogP contribution in [0.15, 0.2) is 0 Å². The third-order valence-corrected chi connectivity index (χ3v) is 4.15. The van der Waals surface area contributed by atoms with Crippen molar-refractivity contribution in [3.8, 4) is 0 Å². The number of thiocarbonyl (C=S) groups is 1. The molecule has 0 aromatic rings. The van der Waals surface area contributed by atoms with Crippen molar-refractivity contribution in [2.24, 2.45) is 5.73 Å². The fourth-order valence-electron chi connectivity index (χ4n) is 2.04. The third-order valence-electron chi connectivity index (χ3n) is 3.65. The van der Waals surface area contributed by atoms with Crippen LogP contribution in [0.1, 0.15) is 34.6 Å². The van der Waals surface area contributed by atoms with E-state index in [0.717, 1.165) is 13.1 Å². The molecule has 0 bridgehead atoms. The Kier molecular flexibility index (Phi) is 5.52. The third kappa shape index (κ3) is 4.68. The molecule has 2 N–H and O–H groups in total. The van der Waals surface area contributed by atoms with E-state index in [1.807, 2.05) is 39.5 Å². The Morgan fingerprint density at radius 1 is 1.15 bits per heavy atom. The van der Waals surface area contributed by atoms with Crippen molar-refractivity contribution < 1.29 is 9.53 Å². The molecule has 0 saturated carbocycles. The molecule has 1 fully saturated rings. The number of ether oxygens (including phenoxy) is 1. The summed E-state index contributed by atoms with van der Waals surface area (Å²) >= 11 is 5.11. The highest BCUT2D eigenvalue weighted by atomic mass is 32.1. The van der Waals surface area contributed by atoms with Crippen molar-refractivity contribution in [1.29, 1.82) is 0 Å². The zero-order valence-electron chi connectivity index (χ0n) is 13.2. The zero-order chi connectivity index (χ0) is 15.6. The van der Waals surface area contributed by atoms with E-state index in [9.17, 15) is 4.79 Å². The second kappa shape index (κ2) is 6.37. The summed E-state index contributed by atoms with van der Waals surface area (Å²) in [6.07, 6.45) is 0. The summed E-state index contributed by atoms with van der Waals surface area (Å²) in [7, 11) is 0. The second-order valence-corrected chi connectivity index (χ2v) is 7.13. The quantitative estimate of drug-likeness (QED) is 0.785. The van der Waals surface area contributed by atoms with Gasteiger partial charge < -0.3 is 15.4 Å². The number of carbonyl (C=O) groups is 1. The molecule has 0 aromatic carbocycles. The first-order valence-corrected chi connectivity index (χ1v) is 7.41. The number of rotatable bonds is 4. The van der Waals surface area contributed by atoms with Crippen LogP contribution in [0.3, 0.4) is 0 Å². The van der Waals surface area contributed by atoms with E-state index in [2.05, 4.69) is 4.90 Å². The van der Waals surface area contributed by atoms with Crippen LogP contribution in [-0.2, 0) is 9.53 Å². The van der Waals surface area contributed by atoms with Gasteiger partial charge in [0.1, 0.15) is 6.61 Å². The maximum atomic E-state index is 12.1. The van der Waals surface area contributed by atoms with Gasteiger partial charge in [0.25, 0.3) is 0 Å². The lowest BCUT2D eigenvalue weighted by atomic mass is 10.0. The zero-order valence-corrected chi connectivity index (χ0v) is 14.0. The number of hydrogen-bond donors (Lipinski definition) is 1. The van der Waals surface area contributed by atoms with Gasteiger partial charge >= 0.3 is 0 Å². The van der Waals surface area contributed by atoms with Gasteiger partial charge in [0.2, 0.25) is 5.91 Å². The van der Waals surface area contributed by atoms with Crippen molar-refractivity contribution >= 4 is 23.1 Å². The first kappa shape index (κ1) is 17.3. The number of amides is 1. The summed E-state index contributed by atoms with van der Waals surface area (Å²) in [6, 6.07) is 0. The van der Waals surface area contributed by atoms with Gasteiger partial charge in [0, 0.05) is 26.2 Å². The number of carbonyl (C=O) groups excluding carboxylic acids is 1. The van der Waals surface area contributed by atoms with Crippen LogP contribution in [0.25, 0.3) is 0 Å². The topological polar surface area (TPSA) is 58.8 Å². The molecule has 1 aliphatic rings. The lowest BCUT2D eigenvalue weighted by Crippen LogP contribution is -2.60. The predicted molar refractivity (Wildman–Crippen MR) is 84.7 cm³/mol. The first-order chi connectivity index (χ1) is 9.04. The highest BCUT2D eigenvalue weighted by molar-refractivity contribution is 7.80. The number of nitrogens with two attached hydrogens (primary N) is 1. The maximum absolute atomic E-state index is 12.1. The summed E-state index contributed by atoms with van der Waals surface area (Å²) in [6.45, 7) is 13.0. The van der Waals surface area contributed by atoms with Crippen molar-refractivity contribution in [3.63, 3.8) is 0 Å². The van der Waals surface area contributed by atoms with Gasteiger partial charge in [-0.2, -0.15) is 0 Å². The second-order valence-electron chi connectivity index (χ2n) is 6.69. The molecule has 1 aliphatic heterocycles. The van der Waals surface area contributed by atoms with Crippen molar-refractivity contribution in [1.82, 2.24) is 9.80 Å². The van der Waals surface area contributed by atoms with E-state index < -0.39 is 0 Å². The van der Waals surface area contributed by atoms with Gasteiger partial charge in [0.15, 0.2) is 0 Å². The van der Waals surface area contributed by atoms with E-state index >= 15 is 0 Å². The molecule has 20 heavy (non-hydrogen) atoms. The Labute approximate surface area is 127 Å². The molecule has 1 heterocycles. The molecule has 5 nitrogen and oxygen atoms in total. The minimum atomic E-state index is -0.299. The molecule has 0 spiro atoms. The monoisotopic (exact) mass is 301 g/mol. The van der Waals surface area contributed by atoms with Crippen molar-refractivity contribution in [2.45, 2.75) is 45.8 Å². The van der Waals surface area contributed by atoms with Crippen LogP contribution in [0, 0.1) is 0 Å². The van der Waals surface area contributed by atoms with Crippen LogP contribution in [0.5, 0.6) is 0 Å². The molecular formula is C14H27N3O2S. The highest BCUT2D eigenvalue weighted by Crippen LogP contribution is 2.17. The lowest BCUT2D eigenvalue weighted by molar-refractivity contribution is -0.143. The Bertz CT molecular complexity index is 369. The maximum Gasteiger partial charge on any atom is 0.248 e. The van der Waals surface area contributed by atoms with E-state index in [1.54, 1.807) is 0 Å². The Morgan fingerprint density at radius 2 is 1.65 bits per heavy atom. The Hall–Kier alpha value is -0.720. The summed E-state index contributed by atoms with van der Waals surface area (Å²) in [5.41, 5.74) is 5.19.